The fourth-order valence-corrected chi connectivity index (χ4v) is 4.38. The van der Waals surface area contributed by atoms with Gasteiger partial charge in [0.05, 0.1) is 43.1 Å². The fraction of sp³-hybridized carbons (Fsp3) is 0.217. The van der Waals surface area contributed by atoms with Gasteiger partial charge in [-0.05, 0) is 45.0 Å². The van der Waals surface area contributed by atoms with Crippen LogP contribution in [0.2, 0.25) is 4.34 Å². The first-order valence-corrected chi connectivity index (χ1v) is 11.1. The van der Waals surface area contributed by atoms with E-state index in [0.717, 1.165) is 10.6 Å². The molecule has 0 saturated heterocycles. The summed E-state index contributed by atoms with van der Waals surface area (Å²) in [6.07, 6.45) is -1.01. The van der Waals surface area contributed by atoms with Gasteiger partial charge in [-0.1, -0.05) is 29.8 Å². The van der Waals surface area contributed by atoms with E-state index in [4.69, 9.17) is 16.3 Å². The number of nitrogens with one attached hydrogen (secondary N) is 1. The molecule has 164 valence electrons. The summed E-state index contributed by atoms with van der Waals surface area (Å²) in [6, 6.07) is 12.6. The zero-order valence-corrected chi connectivity index (χ0v) is 19.5. The molecule has 0 radical (unpaired) electrons. The molecule has 0 aliphatic carbocycles. The molecule has 7 nitrogen and oxygen atoms in total. The summed E-state index contributed by atoms with van der Waals surface area (Å²) in [5.74, 6) is -1.03. The maximum atomic E-state index is 13.1. The minimum absolute atomic E-state index is 0.337. The number of nitrogens with zero attached hydrogens (tertiary/aromatic N) is 3. The number of thiophene rings is 1. The number of aryl methyl sites for hydroxylation is 2. The third-order valence-corrected chi connectivity index (χ3v) is 6.43. The van der Waals surface area contributed by atoms with Crippen molar-refractivity contribution in [2.75, 3.05) is 5.32 Å². The number of pyridine rings is 1. The monoisotopic (exact) mass is 468 g/mol. The molecule has 0 aliphatic heterocycles. The Morgan fingerprint density at radius 1 is 1.19 bits per heavy atom. The number of carbonyl (C=O) groups is 2. The number of fused-ring (bicyclic) bond motifs is 1. The van der Waals surface area contributed by atoms with Crippen molar-refractivity contribution in [1.29, 1.82) is 0 Å². The molecule has 0 fully saturated rings. The van der Waals surface area contributed by atoms with E-state index in [2.05, 4.69) is 15.4 Å². The predicted octanol–water partition coefficient (Wildman–Crippen LogP) is 5.15. The van der Waals surface area contributed by atoms with Gasteiger partial charge in [-0.2, -0.15) is 5.10 Å². The van der Waals surface area contributed by atoms with Crippen LogP contribution in [0.5, 0.6) is 0 Å². The maximum absolute atomic E-state index is 13.1. The fourth-order valence-electron chi connectivity index (χ4n) is 3.38. The number of anilines is 1. The van der Waals surface area contributed by atoms with E-state index < -0.39 is 18.0 Å². The molecule has 3 heterocycles. The van der Waals surface area contributed by atoms with Crippen molar-refractivity contribution >= 4 is 51.4 Å². The van der Waals surface area contributed by atoms with Crippen molar-refractivity contribution in [2.24, 2.45) is 7.05 Å². The van der Waals surface area contributed by atoms with Crippen LogP contribution in [0.25, 0.3) is 21.5 Å². The van der Waals surface area contributed by atoms with Gasteiger partial charge in [-0.25, -0.2) is 9.78 Å². The third kappa shape index (κ3) is 4.24. The van der Waals surface area contributed by atoms with Crippen LogP contribution < -0.4 is 5.32 Å². The summed E-state index contributed by atoms with van der Waals surface area (Å²) in [5, 5.41) is 7.74. The van der Waals surface area contributed by atoms with Crippen LogP contribution in [0.3, 0.4) is 0 Å². The van der Waals surface area contributed by atoms with Gasteiger partial charge in [0.2, 0.25) is 0 Å². The number of hydrogen-bond donors (Lipinski definition) is 1. The van der Waals surface area contributed by atoms with E-state index in [1.165, 1.54) is 18.3 Å². The normalized spacial score (nSPS) is 12.0. The van der Waals surface area contributed by atoms with Crippen molar-refractivity contribution in [2.45, 2.75) is 26.9 Å². The number of amides is 1. The second kappa shape index (κ2) is 8.72. The van der Waals surface area contributed by atoms with Crippen molar-refractivity contribution in [3.8, 4) is 10.6 Å². The lowest BCUT2D eigenvalue weighted by molar-refractivity contribution is -0.123. The predicted molar refractivity (Wildman–Crippen MR) is 126 cm³/mol. The maximum Gasteiger partial charge on any atom is 0.339 e. The van der Waals surface area contributed by atoms with Gasteiger partial charge >= 0.3 is 5.97 Å². The molecular weight excluding hydrogens is 448 g/mol. The second-order valence-electron chi connectivity index (χ2n) is 7.38. The summed E-state index contributed by atoms with van der Waals surface area (Å²) < 4.78 is 7.85. The number of rotatable bonds is 5. The van der Waals surface area contributed by atoms with E-state index in [1.54, 1.807) is 36.9 Å². The molecule has 0 saturated carbocycles. The van der Waals surface area contributed by atoms with E-state index in [0.29, 0.717) is 37.9 Å². The number of benzene rings is 1. The highest BCUT2D eigenvalue weighted by molar-refractivity contribution is 7.19. The molecule has 3 aromatic heterocycles. The lowest BCUT2D eigenvalue weighted by Gasteiger charge is -2.15. The number of aromatic nitrogens is 3. The van der Waals surface area contributed by atoms with Gasteiger partial charge in [0, 0.05) is 12.4 Å². The third-order valence-electron chi connectivity index (χ3n) is 5.17. The molecule has 0 aliphatic rings. The van der Waals surface area contributed by atoms with Gasteiger partial charge in [0.25, 0.3) is 5.91 Å². The standard InChI is InChI=1S/C23H21ClN4O3S/c1-12-21(13(2)28(4)27-12)26-22(29)14(3)31-23(30)16-11-18(19-9-10-20(24)32-19)25-17-8-6-5-7-15(16)17/h5-11,14H,1-4H3,(H,26,29). The van der Waals surface area contributed by atoms with Crippen LogP contribution in [0.4, 0.5) is 5.69 Å². The van der Waals surface area contributed by atoms with Crippen LogP contribution in [-0.2, 0) is 16.6 Å². The first-order valence-electron chi connectivity index (χ1n) is 9.92. The summed E-state index contributed by atoms with van der Waals surface area (Å²) in [7, 11) is 1.80. The molecule has 0 bridgehead atoms. The van der Waals surface area contributed by atoms with Crippen LogP contribution in [0.15, 0.2) is 42.5 Å². The van der Waals surface area contributed by atoms with E-state index in [1.807, 2.05) is 31.2 Å². The Bertz CT molecular complexity index is 1340. The van der Waals surface area contributed by atoms with Crippen LogP contribution in [-0.4, -0.2) is 32.7 Å². The molecule has 1 aromatic carbocycles. The molecule has 4 aromatic rings. The number of hydrogen-bond acceptors (Lipinski definition) is 6. The van der Waals surface area contributed by atoms with Crippen molar-refractivity contribution in [3.05, 3.63) is 63.8 Å². The number of ether oxygens (including phenoxy) is 1. The Hall–Kier alpha value is -3.23. The molecule has 0 spiro atoms. The van der Waals surface area contributed by atoms with Crippen molar-refractivity contribution in [3.63, 3.8) is 0 Å². The summed E-state index contributed by atoms with van der Waals surface area (Å²) in [4.78, 5) is 31.3. The molecule has 1 unspecified atom stereocenters. The van der Waals surface area contributed by atoms with Gasteiger partial charge in [-0.3, -0.25) is 9.48 Å². The van der Waals surface area contributed by atoms with Gasteiger partial charge < -0.3 is 10.1 Å². The van der Waals surface area contributed by atoms with E-state index in [9.17, 15) is 9.59 Å². The van der Waals surface area contributed by atoms with Crippen molar-refractivity contribution < 1.29 is 14.3 Å². The number of halogens is 1. The number of esters is 1. The number of para-hydroxylation sites is 1. The molecule has 1 atom stereocenters. The van der Waals surface area contributed by atoms with Gasteiger partial charge in [0.15, 0.2) is 6.10 Å². The molecule has 4 rings (SSSR count). The highest BCUT2D eigenvalue weighted by Gasteiger charge is 2.23. The van der Waals surface area contributed by atoms with Crippen LogP contribution in [0.1, 0.15) is 28.7 Å². The Morgan fingerprint density at radius 3 is 2.59 bits per heavy atom. The summed E-state index contributed by atoms with van der Waals surface area (Å²) in [5.41, 5.74) is 3.73. The summed E-state index contributed by atoms with van der Waals surface area (Å²) >= 11 is 7.45. The topological polar surface area (TPSA) is 86.1 Å². The Labute approximate surface area is 194 Å². The van der Waals surface area contributed by atoms with Gasteiger partial charge in [0.1, 0.15) is 0 Å². The average Bonchev–Trinajstić information content (AvgIpc) is 3.31. The zero-order valence-electron chi connectivity index (χ0n) is 18.0. The van der Waals surface area contributed by atoms with Gasteiger partial charge in [-0.15, -0.1) is 11.3 Å². The minimum Gasteiger partial charge on any atom is -0.449 e. The molecule has 32 heavy (non-hydrogen) atoms. The van der Waals surface area contributed by atoms with Crippen LogP contribution >= 0.6 is 22.9 Å². The largest absolute Gasteiger partial charge is 0.449 e. The SMILES string of the molecule is Cc1nn(C)c(C)c1NC(=O)C(C)OC(=O)c1cc(-c2ccc(Cl)s2)nc2ccccc12. The molecular formula is C23H21ClN4O3S. The minimum atomic E-state index is -1.01. The quantitative estimate of drug-likeness (QED) is 0.409. The molecule has 9 heteroatoms. The zero-order chi connectivity index (χ0) is 23.0. The summed E-state index contributed by atoms with van der Waals surface area (Å²) in [6.45, 7) is 5.20. The smallest absolute Gasteiger partial charge is 0.339 e. The highest BCUT2D eigenvalue weighted by Crippen LogP contribution is 2.32. The molecule has 1 N–H and O–H groups in total. The van der Waals surface area contributed by atoms with E-state index in [-0.39, 0.29) is 0 Å². The number of carbonyl (C=O) groups excluding carboxylic acids is 2. The first kappa shape index (κ1) is 22.0. The Morgan fingerprint density at radius 2 is 1.94 bits per heavy atom. The lowest BCUT2D eigenvalue weighted by atomic mass is 10.1. The average molecular weight is 469 g/mol. The van der Waals surface area contributed by atoms with Crippen molar-refractivity contribution in [1.82, 2.24) is 14.8 Å². The first-order chi connectivity index (χ1) is 15.2. The van der Waals surface area contributed by atoms with E-state index >= 15 is 0 Å². The highest BCUT2D eigenvalue weighted by atomic mass is 35.5. The molecule has 1 amide bonds. The van der Waals surface area contributed by atoms with Crippen LogP contribution in [0, 0.1) is 13.8 Å². The second-order valence-corrected chi connectivity index (χ2v) is 9.10. The lowest BCUT2D eigenvalue weighted by Crippen LogP contribution is -2.30. The Balaban J connectivity index is 1.61. The Kier molecular flexibility index (Phi) is 5.99.